The summed E-state index contributed by atoms with van der Waals surface area (Å²) in [4.78, 5) is 10.7. The molecule has 2 nitrogen and oxygen atoms in total. The SMILES string of the molecule is O=C(Cl)NSc1cc(F)ccc1Cl. The smallest absolute Gasteiger partial charge is 0.282 e. The van der Waals surface area contributed by atoms with Gasteiger partial charge in [0.1, 0.15) is 5.82 Å². The molecule has 0 heterocycles. The van der Waals surface area contributed by atoms with Crippen molar-refractivity contribution in [3.63, 3.8) is 0 Å². The zero-order chi connectivity index (χ0) is 9.84. The van der Waals surface area contributed by atoms with Gasteiger partial charge in [-0.25, -0.2) is 4.39 Å². The van der Waals surface area contributed by atoms with Gasteiger partial charge < -0.3 is 0 Å². The topological polar surface area (TPSA) is 29.1 Å². The van der Waals surface area contributed by atoms with E-state index in [0.29, 0.717) is 9.92 Å². The largest absolute Gasteiger partial charge is 0.323 e. The lowest BCUT2D eigenvalue weighted by molar-refractivity contribution is 0.264. The summed E-state index contributed by atoms with van der Waals surface area (Å²) < 4.78 is 14.9. The third kappa shape index (κ3) is 3.42. The first-order chi connectivity index (χ1) is 6.09. The molecule has 1 aromatic carbocycles. The summed E-state index contributed by atoms with van der Waals surface area (Å²) in [5.74, 6) is -0.421. The Morgan fingerprint density at radius 3 is 2.85 bits per heavy atom. The molecule has 0 unspecified atom stereocenters. The molecule has 0 spiro atoms. The van der Waals surface area contributed by atoms with Gasteiger partial charge in [-0.2, -0.15) is 0 Å². The van der Waals surface area contributed by atoms with Gasteiger partial charge in [0.25, 0.3) is 0 Å². The molecule has 0 aliphatic carbocycles. The Hall–Kier alpha value is -0.450. The van der Waals surface area contributed by atoms with Gasteiger partial charge in [0.05, 0.1) is 9.92 Å². The van der Waals surface area contributed by atoms with Crippen molar-refractivity contribution in [1.82, 2.24) is 4.72 Å². The molecule has 0 saturated carbocycles. The minimum Gasteiger partial charge on any atom is -0.282 e. The van der Waals surface area contributed by atoms with E-state index in [4.69, 9.17) is 23.2 Å². The van der Waals surface area contributed by atoms with E-state index in [1.54, 1.807) is 0 Å². The number of carbonyl (C=O) groups is 1. The first kappa shape index (κ1) is 10.6. The summed E-state index contributed by atoms with van der Waals surface area (Å²) in [6.45, 7) is 0. The summed E-state index contributed by atoms with van der Waals surface area (Å²) >= 11 is 11.6. The molecule has 0 bridgehead atoms. The predicted octanol–water partition coefficient (Wildman–Crippen LogP) is 3.43. The Morgan fingerprint density at radius 1 is 1.54 bits per heavy atom. The molecule has 70 valence electrons. The van der Waals surface area contributed by atoms with Crippen LogP contribution in [-0.2, 0) is 0 Å². The van der Waals surface area contributed by atoms with Gasteiger partial charge in [-0.05, 0) is 41.7 Å². The molecule has 1 amide bonds. The van der Waals surface area contributed by atoms with Crippen LogP contribution in [0.4, 0.5) is 9.18 Å². The van der Waals surface area contributed by atoms with Crippen LogP contribution in [0.15, 0.2) is 23.1 Å². The van der Waals surface area contributed by atoms with Crippen LogP contribution in [0.25, 0.3) is 0 Å². The Kier molecular flexibility index (Phi) is 3.84. The van der Waals surface area contributed by atoms with Gasteiger partial charge >= 0.3 is 5.37 Å². The molecule has 0 fully saturated rings. The van der Waals surface area contributed by atoms with Crippen molar-refractivity contribution in [2.75, 3.05) is 0 Å². The van der Waals surface area contributed by atoms with Crippen LogP contribution in [0.1, 0.15) is 0 Å². The molecule has 1 aromatic rings. The van der Waals surface area contributed by atoms with E-state index in [-0.39, 0.29) is 0 Å². The van der Waals surface area contributed by atoms with Crippen molar-refractivity contribution in [3.8, 4) is 0 Å². The monoisotopic (exact) mass is 239 g/mol. The molecule has 1 N–H and O–H groups in total. The summed E-state index contributed by atoms with van der Waals surface area (Å²) in [5, 5.41) is -0.373. The summed E-state index contributed by atoms with van der Waals surface area (Å²) in [6, 6.07) is 3.84. The van der Waals surface area contributed by atoms with E-state index >= 15 is 0 Å². The highest BCUT2D eigenvalue weighted by Gasteiger charge is 2.04. The highest BCUT2D eigenvalue weighted by atomic mass is 35.5. The van der Waals surface area contributed by atoms with Gasteiger partial charge in [-0.15, -0.1) is 0 Å². The summed E-state index contributed by atoms with van der Waals surface area (Å²) in [6.07, 6.45) is 0. The molecule has 0 aliphatic heterocycles. The number of rotatable bonds is 2. The molecular formula is C7H4Cl2FNOS. The summed E-state index contributed by atoms with van der Waals surface area (Å²) in [5.41, 5.74) is 0. The maximum Gasteiger partial charge on any atom is 0.323 e. The Labute approximate surface area is 88.5 Å². The lowest BCUT2D eigenvalue weighted by Gasteiger charge is -2.02. The number of nitrogens with one attached hydrogen (secondary N) is 1. The fourth-order valence-electron chi connectivity index (χ4n) is 0.651. The van der Waals surface area contributed by atoms with Crippen molar-refractivity contribution in [3.05, 3.63) is 29.0 Å². The van der Waals surface area contributed by atoms with Crippen LogP contribution in [0.3, 0.4) is 0 Å². The molecule has 0 aliphatic rings. The second kappa shape index (κ2) is 4.69. The molecule has 0 aromatic heterocycles. The van der Waals surface area contributed by atoms with E-state index in [9.17, 15) is 9.18 Å². The molecule has 0 saturated heterocycles. The molecule has 1 rings (SSSR count). The number of hydrogen-bond acceptors (Lipinski definition) is 2. The Balaban J connectivity index is 2.75. The molecule has 6 heteroatoms. The molecule has 0 radical (unpaired) electrons. The number of benzene rings is 1. The second-order valence-electron chi connectivity index (χ2n) is 2.05. The minimum absolute atomic E-state index is 0.358. The van der Waals surface area contributed by atoms with E-state index in [0.717, 1.165) is 11.9 Å². The van der Waals surface area contributed by atoms with Crippen LogP contribution in [0.2, 0.25) is 5.02 Å². The van der Waals surface area contributed by atoms with Gasteiger partial charge in [-0.3, -0.25) is 9.52 Å². The molecule has 0 atom stereocenters. The Morgan fingerprint density at radius 2 is 2.23 bits per heavy atom. The first-order valence-corrected chi connectivity index (χ1v) is 4.74. The van der Waals surface area contributed by atoms with Crippen LogP contribution in [0.5, 0.6) is 0 Å². The fourth-order valence-corrected chi connectivity index (χ4v) is 1.53. The van der Waals surface area contributed by atoms with Crippen LogP contribution in [-0.4, -0.2) is 5.37 Å². The molecule has 13 heavy (non-hydrogen) atoms. The second-order valence-corrected chi connectivity index (χ2v) is 3.65. The van der Waals surface area contributed by atoms with Crippen molar-refractivity contribution < 1.29 is 9.18 Å². The van der Waals surface area contributed by atoms with E-state index < -0.39 is 11.2 Å². The summed E-state index contributed by atoms with van der Waals surface area (Å²) in [7, 11) is 0. The van der Waals surface area contributed by atoms with Gasteiger partial charge in [0, 0.05) is 0 Å². The van der Waals surface area contributed by atoms with Crippen LogP contribution < -0.4 is 4.72 Å². The third-order valence-corrected chi connectivity index (χ3v) is 2.63. The quantitative estimate of drug-likeness (QED) is 0.487. The van der Waals surface area contributed by atoms with E-state index in [1.807, 2.05) is 0 Å². The van der Waals surface area contributed by atoms with Crippen LogP contribution >= 0.6 is 35.1 Å². The van der Waals surface area contributed by atoms with Crippen molar-refractivity contribution >= 4 is 40.5 Å². The molecular weight excluding hydrogens is 236 g/mol. The van der Waals surface area contributed by atoms with E-state index in [2.05, 4.69) is 4.72 Å². The van der Waals surface area contributed by atoms with E-state index in [1.165, 1.54) is 18.2 Å². The fraction of sp³-hybridized carbons (Fsp3) is 0. The first-order valence-electron chi connectivity index (χ1n) is 3.17. The average molecular weight is 240 g/mol. The van der Waals surface area contributed by atoms with Gasteiger partial charge in [0.15, 0.2) is 0 Å². The van der Waals surface area contributed by atoms with Gasteiger partial charge in [0.2, 0.25) is 0 Å². The van der Waals surface area contributed by atoms with Crippen molar-refractivity contribution in [2.45, 2.75) is 4.90 Å². The number of hydrogen-bond donors (Lipinski definition) is 1. The van der Waals surface area contributed by atoms with Crippen molar-refractivity contribution in [1.29, 1.82) is 0 Å². The normalized spacial score (nSPS) is 9.77. The maximum absolute atomic E-state index is 12.7. The predicted molar refractivity (Wildman–Crippen MR) is 51.7 cm³/mol. The van der Waals surface area contributed by atoms with Crippen molar-refractivity contribution in [2.24, 2.45) is 0 Å². The zero-order valence-electron chi connectivity index (χ0n) is 6.18. The third-order valence-electron chi connectivity index (χ3n) is 1.13. The number of carbonyl (C=O) groups excluding carboxylic acids is 1. The van der Waals surface area contributed by atoms with Crippen LogP contribution in [0, 0.1) is 5.82 Å². The average Bonchev–Trinajstić information content (AvgIpc) is 2.06. The maximum atomic E-state index is 12.7. The number of amides is 1. The van der Waals surface area contributed by atoms with Gasteiger partial charge in [-0.1, -0.05) is 11.6 Å². The minimum atomic E-state index is -0.731. The lowest BCUT2D eigenvalue weighted by atomic mass is 10.3. The standard InChI is InChI=1S/C7H4Cl2FNOS/c8-5-2-1-4(10)3-6(5)13-11-7(9)12/h1-3H,(H,11,12). The number of halogens is 3. The lowest BCUT2D eigenvalue weighted by Crippen LogP contribution is -2.05. The zero-order valence-corrected chi connectivity index (χ0v) is 8.51. The highest BCUT2D eigenvalue weighted by molar-refractivity contribution is 7.98. The Bertz CT molecular complexity index is 334. The highest BCUT2D eigenvalue weighted by Crippen LogP contribution is 2.25.